The van der Waals surface area contributed by atoms with Crippen LogP contribution < -0.4 is 15.8 Å². The molecule has 0 fully saturated rings. The third-order valence-corrected chi connectivity index (χ3v) is 5.26. The number of amidine groups is 1. The fraction of sp³-hybridized carbons (Fsp3) is 0.300. The van der Waals surface area contributed by atoms with Gasteiger partial charge in [-0.2, -0.15) is 0 Å². The molecule has 3 rings (SSSR count). The van der Waals surface area contributed by atoms with Gasteiger partial charge < -0.3 is 15.8 Å². The standard InChI is InChI=1S/C20H22FN3O2S/c1-3-26-15-7-4-13(5-8-15)18(25)23-17-12-14(6-9-16(17)21)20(2)10-11-27-19(22)24-20/h4-9,12H,3,10-11H2,1-2H3,(H2,22,24)(H,23,25). The maximum atomic E-state index is 14.3. The minimum absolute atomic E-state index is 0.125. The average Bonchev–Trinajstić information content (AvgIpc) is 2.64. The Kier molecular flexibility index (Phi) is 5.70. The van der Waals surface area contributed by atoms with Crippen LogP contribution in [0.1, 0.15) is 36.2 Å². The topological polar surface area (TPSA) is 76.7 Å². The molecule has 1 amide bonds. The van der Waals surface area contributed by atoms with Crippen molar-refractivity contribution in [2.24, 2.45) is 10.7 Å². The number of halogens is 1. The van der Waals surface area contributed by atoms with Gasteiger partial charge >= 0.3 is 0 Å². The van der Waals surface area contributed by atoms with E-state index in [1.807, 2.05) is 13.8 Å². The molecular weight excluding hydrogens is 365 g/mol. The van der Waals surface area contributed by atoms with Gasteiger partial charge in [0.25, 0.3) is 5.91 Å². The van der Waals surface area contributed by atoms with Crippen molar-refractivity contribution < 1.29 is 13.9 Å². The van der Waals surface area contributed by atoms with Gasteiger partial charge in [0, 0.05) is 11.3 Å². The van der Waals surface area contributed by atoms with Gasteiger partial charge in [0.1, 0.15) is 11.6 Å². The first-order chi connectivity index (χ1) is 12.9. The van der Waals surface area contributed by atoms with Gasteiger partial charge in [-0.25, -0.2) is 4.39 Å². The van der Waals surface area contributed by atoms with E-state index in [0.29, 0.717) is 23.1 Å². The lowest BCUT2D eigenvalue weighted by Crippen LogP contribution is -2.29. The first-order valence-electron chi connectivity index (χ1n) is 8.73. The van der Waals surface area contributed by atoms with Crippen LogP contribution in [0.15, 0.2) is 47.5 Å². The molecule has 2 aromatic carbocycles. The number of hydrogen-bond donors (Lipinski definition) is 2. The molecule has 3 N–H and O–H groups in total. The van der Waals surface area contributed by atoms with Crippen LogP contribution in [0.3, 0.4) is 0 Å². The number of nitrogens with two attached hydrogens (primary N) is 1. The predicted molar refractivity (Wildman–Crippen MR) is 108 cm³/mol. The molecule has 0 bridgehead atoms. The molecule has 1 heterocycles. The molecule has 0 aliphatic carbocycles. The van der Waals surface area contributed by atoms with Gasteiger partial charge in [-0.3, -0.25) is 9.79 Å². The zero-order valence-electron chi connectivity index (χ0n) is 15.3. The van der Waals surface area contributed by atoms with E-state index in [0.717, 1.165) is 17.7 Å². The number of anilines is 1. The Morgan fingerprint density at radius 3 is 2.74 bits per heavy atom. The summed E-state index contributed by atoms with van der Waals surface area (Å²) in [6, 6.07) is 11.4. The van der Waals surface area contributed by atoms with Gasteiger partial charge in [-0.15, -0.1) is 0 Å². The fourth-order valence-corrected chi connectivity index (χ4v) is 3.89. The van der Waals surface area contributed by atoms with E-state index in [1.165, 1.54) is 17.8 Å². The molecule has 1 atom stereocenters. The molecule has 0 spiro atoms. The number of amides is 1. The van der Waals surface area contributed by atoms with Crippen molar-refractivity contribution in [1.82, 2.24) is 0 Å². The highest BCUT2D eigenvalue weighted by Gasteiger charge is 2.30. The number of thioether (sulfide) groups is 1. The highest BCUT2D eigenvalue weighted by Crippen LogP contribution is 2.36. The maximum absolute atomic E-state index is 14.3. The lowest BCUT2D eigenvalue weighted by Gasteiger charge is -2.30. The Labute approximate surface area is 162 Å². The maximum Gasteiger partial charge on any atom is 0.255 e. The Balaban J connectivity index is 1.82. The van der Waals surface area contributed by atoms with E-state index in [1.54, 1.807) is 36.4 Å². The molecule has 0 saturated heterocycles. The zero-order valence-corrected chi connectivity index (χ0v) is 16.1. The number of nitrogens with one attached hydrogen (secondary N) is 1. The van der Waals surface area contributed by atoms with Gasteiger partial charge in [0.2, 0.25) is 0 Å². The van der Waals surface area contributed by atoms with Crippen molar-refractivity contribution in [3.8, 4) is 5.75 Å². The minimum atomic E-state index is -0.526. The second-order valence-corrected chi connectivity index (χ2v) is 7.54. The van der Waals surface area contributed by atoms with Gasteiger partial charge in [-0.1, -0.05) is 17.8 Å². The molecule has 0 aromatic heterocycles. The molecule has 1 aliphatic heterocycles. The number of rotatable bonds is 5. The lowest BCUT2D eigenvalue weighted by atomic mass is 9.89. The lowest BCUT2D eigenvalue weighted by molar-refractivity contribution is 0.102. The Morgan fingerprint density at radius 1 is 1.33 bits per heavy atom. The molecule has 142 valence electrons. The largest absolute Gasteiger partial charge is 0.494 e. The first-order valence-corrected chi connectivity index (χ1v) is 9.72. The van der Waals surface area contributed by atoms with Crippen LogP contribution in [0.2, 0.25) is 0 Å². The third kappa shape index (κ3) is 4.42. The second kappa shape index (κ2) is 8.00. The zero-order chi connectivity index (χ0) is 19.4. The summed E-state index contributed by atoms with van der Waals surface area (Å²) in [6.45, 7) is 4.40. The Hall–Kier alpha value is -2.54. The minimum Gasteiger partial charge on any atom is -0.494 e. The number of carbonyl (C=O) groups excluding carboxylic acids is 1. The van der Waals surface area contributed by atoms with Crippen LogP contribution in [-0.2, 0) is 5.54 Å². The van der Waals surface area contributed by atoms with Gasteiger partial charge in [0.05, 0.1) is 17.8 Å². The number of nitrogens with zero attached hydrogens (tertiary/aromatic N) is 1. The number of carbonyl (C=O) groups is 1. The SMILES string of the molecule is CCOc1ccc(C(=O)Nc2cc(C3(C)CCSC(N)=N3)ccc2F)cc1. The van der Waals surface area contributed by atoms with Crippen molar-refractivity contribution in [3.63, 3.8) is 0 Å². The van der Waals surface area contributed by atoms with Gasteiger partial charge in [0.15, 0.2) is 5.17 Å². The van der Waals surface area contributed by atoms with E-state index in [9.17, 15) is 9.18 Å². The van der Waals surface area contributed by atoms with Crippen LogP contribution in [-0.4, -0.2) is 23.4 Å². The highest BCUT2D eigenvalue weighted by molar-refractivity contribution is 8.13. The van der Waals surface area contributed by atoms with E-state index in [4.69, 9.17) is 10.5 Å². The van der Waals surface area contributed by atoms with Crippen molar-refractivity contribution in [1.29, 1.82) is 0 Å². The molecule has 5 nitrogen and oxygen atoms in total. The fourth-order valence-electron chi connectivity index (χ4n) is 2.91. The molecule has 1 unspecified atom stereocenters. The van der Waals surface area contributed by atoms with E-state index in [-0.39, 0.29) is 11.6 Å². The van der Waals surface area contributed by atoms with E-state index < -0.39 is 11.4 Å². The van der Waals surface area contributed by atoms with Crippen LogP contribution in [0.25, 0.3) is 0 Å². The molecule has 1 aliphatic rings. The third-order valence-electron chi connectivity index (χ3n) is 4.46. The molecular formula is C20H22FN3O2S. The summed E-state index contributed by atoms with van der Waals surface area (Å²) in [5.74, 6) is 0.642. The normalized spacial score (nSPS) is 19.3. The molecule has 0 saturated carbocycles. The smallest absolute Gasteiger partial charge is 0.255 e. The molecule has 0 radical (unpaired) electrons. The summed E-state index contributed by atoms with van der Waals surface area (Å²) in [7, 11) is 0. The number of aliphatic imine (C=N–C) groups is 1. The Morgan fingerprint density at radius 2 is 2.07 bits per heavy atom. The first kappa shape index (κ1) is 19.2. The number of ether oxygens (including phenoxy) is 1. The van der Waals surface area contributed by atoms with Crippen molar-refractivity contribution in [3.05, 3.63) is 59.4 Å². The van der Waals surface area contributed by atoms with Crippen molar-refractivity contribution in [2.75, 3.05) is 17.7 Å². The number of benzene rings is 2. The summed E-state index contributed by atoms with van der Waals surface area (Å²) in [6.07, 6.45) is 0.788. The molecule has 7 heteroatoms. The highest BCUT2D eigenvalue weighted by atomic mass is 32.2. The van der Waals surface area contributed by atoms with Crippen molar-refractivity contribution in [2.45, 2.75) is 25.8 Å². The summed E-state index contributed by atoms with van der Waals surface area (Å²) in [5, 5.41) is 3.17. The van der Waals surface area contributed by atoms with Crippen LogP contribution in [0.5, 0.6) is 5.75 Å². The monoisotopic (exact) mass is 387 g/mol. The van der Waals surface area contributed by atoms with Gasteiger partial charge in [-0.05, 0) is 62.2 Å². The molecule has 2 aromatic rings. The summed E-state index contributed by atoms with van der Waals surface area (Å²) < 4.78 is 19.6. The van der Waals surface area contributed by atoms with Crippen LogP contribution in [0, 0.1) is 5.82 Å². The molecule has 27 heavy (non-hydrogen) atoms. The summed E-state index contributed by atoms with van der Waals surface area (Å²) in [4.78, 5) is 17.0. The Bertz CT molecular complexity index is 870. The van der Waals surface area contributed by atoms with Crippen LogP contribution >= 0.6 is 11.8 Å². The van der Waals surface area contributed by atoms with Crippen molar-refractivity contribution >= 4 is 28.5 Å². The average molecular weight is 387 g/mol. The second-order valence-electron chi connectivity index (χ2n) is 6.43. The van der Waals surface area contributed by atoms with E-state index in [2.05, 4.69) is 10.3 Å². The summed E-state index contributed by atoms with van der Waals surface area (Å²) >= 11 is 1.51. The van der Waals surface area contributed by atoms with E-state index >= 15 is 0 Å². The van der Waals surface area contributed by atoms with Crippen LogP contribution in [0.4, 0.5) is 10.1 Å². The quantitative estimate of drug-likeness (QED) is 0.808. The predicted octanol–water partition coefficient (Wildman–Crippen LogP) is 4.14. The summed E-state index contributed by atoms with van der Waals surface area (Å²) in [5.41, 5.74) is 6.70. The number of hydrogen-bond acceptors (Lipinski definition) is 5.